The van der Waals surface area contributed by atoms with Gasteiger partial charge in [-0.3, -0.25) is 9.59 Å². The molecular formula is C20H19BrN4O2. The summed E-state index contributed by atoms with van der Waals surface area (Å²) in [6.07, 6.45) is 1.91. The van der Waals surface area contributed by atoms with E-state index in [2.05, 4.69) is 31.5 Å². The monoisotopic (exact) mass is 426 g/mol. The van der Waals surface area contributed by atoms with E-state index in [-0.39, 0.29) is 24.3 Å². The van der Waals surface area contributed by atoms with Crippen LogP contribution in [0, 0.1) is 5.92 Å². The van der Waals surface area contributed by atoms with Crippen molar-refractivity contribution in [3.8, 4) is 0 Å². The summed E-state index contributed by atoms with van der Waals surface area (Å²) in [7, 11) is 0. The summed E-state index contributed by atoms with van der Waals surface area (Å²) in [4.78, 5) is 29.1. The molecule has 3 aromatic rings. The second-order valence-corrected chi connectivity index (χ2v) is 7.57. The van der Waals surface area contributed by atoms with E-state index in [1.54, 1.807) is 0 Å². The molecule has 0 saturated heterocycles. The van der Waals surface area contributed by atoms with Crippen LogP contribution in [0.2, 0.25) is 0 Å². The number of benzene rings is 2. The van der Waals surface area contributed by atoms with Gasteiger partial charge in [-0.1, -0.05) is 34.1 Å². The Morgan fingerprint density at radius 2 is 1.96 bits per heavy atom. The SMILES string of the molecule is O=C(Cn1c(CNC(=O)C2CC2)nc2ccccc21)Nc1cccc(Br)c1. The van der Waals surface area contributed by atoms with Gasteiger partial charge < -0.3 is 15.2 Å². The average Bonchev–Trinajstić information content (AvgIpc) is 3.44. The molecule has 2 amide bonds. The molecule has 1 aliphatic rings. The molecule has 1 aliphatic carbocycles. The number of nitrogens with one attached hydrogen (secondary N) is 2. The third-order valence-electron chi connectivity index (χ3n) is 4.51. The highest BCUT2D eigenvalue weighted by molar-refractivity contribution is 9.10. The molecular weight excluding hydrogens is 408 g/mol. The number of carbonyl (C=O) groups is 2. The van der Waals surface area contributed by atoms with Crippen molar-refractivity contribution in [3.05, 3.63) is 58.8 Å². The van der Waals surface area contributed by atoms with Crippen LogP contribution in [0.5, 0.6) is 0 Å². The quantitative estimate of drug-likeness (QED) is 0.633. The number of halogens is 1. The maximum atomic E-state index is 12.6. The van der Waals surface area contributed by atoms with Gasteiger partial charge in [-0.2, -0.15) is 0 Å². The van der Waals surface area contributed by atoms with Gasteiger partial charge in [0.25, 0.3) is 0 Å². The molecule has 138 valence electrons. The molecule has 1 saturated carbocycles. The van der Waals surface area contributed by atoms with Gasteiger partial charge in [0.1, 0.15) is 12.4 Å². The van der Waals surface area contributed by atoms with E-state index < -0.39 is 0 Å². The van der Waals surface area contributed by atoms with Crippen molar-refractivity contribution in [2.24, 2.45) is 5.92 Å². The summed E-state index contributed by atoms with van der Waals surface area (Å²) < 4.78 is 2.76. The summed E-state index contributed by atoms with van der Waals surface area (Å²) in [5.74, 6) is 0.732. The highest BCUT2D eigenvalue weighted by Gasteiger charge is 2.29. The highest BCUT2D eigenvalue weighted by atomic mass is 79.9. The Balaban J connectivity index is 1.54. The van der Waals surface area contributed by atoms with Gasteiger partial charge in [0.15, 0.2) is 0 Å². The molecule has 27 heavy (non-hydrogen) atoms. The van der Waals surface area contributed by atoms with Crippen LogP contribution in [0.4, 0.5) is 5.69 Å². The Morgan fingerprint density at radius 1 is 1.15 bits per heavy atom. The van der Waals surface area contributed by atoms with Crippen LogP contribution in [0.25, 0.3) is 11.0 Å². The Hall–Kier alpha value is -2.67. The fourth-order valence-corrected chi connectivity index (χ4v) is 3.40. The Labute approximate surface area is 165 Å². The van der Waals surface area contributed by atoms with Gasteiger partial charge in [-0.05, 0) is 43.2 Å². The zero-order valence-electron chi connectivity index (χ0n) is 14.6. The minimum atomic E-state index is -0.147. The standard InChI is InChI=1S/C20H19BrN4O2/c21-14-4-3-5-15(10-14)23-19(26)12-25-17-7-2-1-6-16(17)24-18(25)11-22-20(27)13-8-9-13/h1-7,10,13H,8-9,11-12H2,(H,22,27)(H,23,26). The lowest BCUT2D eigenvalue weighted by Crippen LogP contribution is -2.27. The number of hydrogen-bond acceptors (Lipinski definition) is 3. The molecule has 0 spiro atoms. The molecule has 2 N–H and O–H groups in total. The van der Waals surface area contributed by atoms with Crippen LogP contribution < -0.4 is 10.6 Å². The van der Waals surface area contributed by atoms with Crippen molar-refractivity contribution in [3.63, 3.8) is 0 Å². The third-order valence-corrected chi connectivity index (χ3v) is 5.01. The second-order valence-electron chi connectivity index (χ2n) is 6.65. The fourth-order valence-electron chi connectivity index (χ4n) is 3.00. The first-order chi connectivity index (χ1) is 13.1. The molecule has 4 rings (SSSR count). The van der Waals surface area contributed by atoms with Crippen molar-refractivity contribution < 1.29 is 9.59 Å². The topological polar surface area (TPSA) is 76.0 Å². The van der Waals surface area contributed by atoms with E-state index in [0.29, 0.717) is 12.4 Å². The number of hydrogen-bond donors (Lipinski definition) is 2. The largest absolute Gasteiger partial charge is 0.349 e. The summed E-state index contributed by atoms with van der Waals surface area (Å²) in [6.45, 7) is 0.440. The van der Waals surface area contributed by atoms with Gasteiger partial charge >= 0.3 is 0 Å². The number of fused-ring (bicyclic) bond motifs is 1. The van der Waals surface area contributed by atoms with Crippen LogP contribution in [-0.2, 0) is 22.7 Å². The van der Waals surface area contributed by atoms with Crippen LogP contribution in [0.15, 0.2) is 53.0 Å². The van der Waals surface area contributed by atoms with E-state index in [1.807, 2.05) is 53.1 Å². The molecule has 0 aliphatic heterocycles. The van der Waals surface area contributed by atoms with Crippen molar-refractivity contribution in [1.29, 1.82) is 0 Å². The van der Waals surface area contributed by atoms with Crippen molar-refractivity contribution in [1.82, 2.24) is 14.9 Å². The summed E-state index contributed by atoms with van der Waals surface area (Å²) >= 11 is 3.40. The third kappa shape index (κ3) is 4.19. The maximum Gasteiger partial charge on any atom is 0.244 e. The number of rotatable bonds is 6. The van der Waals surface area contributed by atoms with Crippen LogP contribution in [0.1, 0.15) is 18.7 Å². The van der Waals surface area contributed by atoms with E-state index in [4.69, 9.17) is 0 Å². The molecule has 2 aromatic carbocycles. The number of nitrogens with zero attached hydrogens (tertiary/aromatic N) is 2. The van der Waals surface area contributed by atoms with Crippen molar-refractivity contribution in [2.45, 2.75) is 25.9 Å². The summed E-state index contributed by atoms with van der Waals surface area (Å²) in [5.41, 5.74) is 2.41. The fraction of sp³-hybridized carbons (Fsp3) is 0.250. The molecule has 1 fully saturated rings. The van der Waals surface area contributed by atoms with Crippen molar-refractivity contribution >= 4 is 44.5 Å². The minimum absolute atomic E-state index is 0.0622. The normalized spacial score (nSPS) is 13.5. The Morgan fingerprint density at radius 3 is 2.74 bits per heavy atom. The number of carbonyl (C=O) groups excluding carboxylic acids is 2. The molecule has 1 aromatic heterocycles. The smallest absolute Gasteiger partial charge is 0.244 e. The van der Waals surface area contributed by atoms with Gasteiger partial charge in [0.05, 0.1) is 17.6 Å². The van der Waals surface area contributed by atoms with Gasteiger partial charge in [-0.25, -0.2) is 4.98 Å². The van der Waals surface area contributed by atoms with Gasteiger partial charge in [0, 0.05) is 16.1 Å². The average molecular weight is 427 g/mol. The first-order valence-electron chi connectivity index (χ1n) is 8.87. The van der Waals surface area contributed by atoms with E-state index >= 15 is 0 Å². The second kappa shape index (κ2) is 7.52. The van der Waals surface area contributed by atoms with Gasteiger partial charge in [0.2, 0.25) is 11.8 Å². The Kier molecular flexibility index (Phi) is 4.94. The molecule has 6 nitrogen and oxygen atoms in total. The van der Waals surface area contributed by atoms with Crippen LogP contribution in [-0.4, -0.2) is 21.4 Å². The number of aromatic nitrogens is 2. The minimum Gasteiger partial charge on any atom is -0.349 e. The lowest BCUT2D eigenvalue weighted by atomic mass is 10.3. The molecule has 0 radical (unpaired) electrons. The zero-order chi connectivity index (χ0) is 18.8. The lowest BCUT2D eigenvalue weighted by molar-refractivity contribution is -0.122. The van der Waals surface area contributed by atoms with Crippen LogP contribution in [0.3, 0.4) is 0 Å². The number of para-hydroxylation sites is 2. The molecule has 0 atom stereocenters. The molecule has 7 heteroatoms. The first kappa shape index (κ1) is 17.7. The zero-order valence-corrected chi connectivity index (χ0v) is 16.2. The molecule has 1 heterocycles. The first-order valence-corrected chi connectivity index (χ1v) is 9.67. The number of anilines is 1. The molecule has 0 unspecified atom stereocenters. The summed E-state index contributed by atoms with van der Waals surface area (Å²) in [5, 5.41) is 5.83. The highest BCUT2D eigenvalue weighted by Crippen LogP contribution is 2.29. The summed E-state index contributed by atoms with van der Waals surface area (Å²) in [6, 6.07) is 15.1. The predicted octanol–water partition coefficient (Wildman–Crippen LogP) is 3.46. The molecule has 0 bridgehead atoms. The van der Waals surface area contributed by atoms with E-state index in [0.717, 1.165) is 34.0 Å². The van der Waals surface area contributed by atoms with Crippen LogP contribution >= 0.6 is 15.9 Å². The maximum absolute atomic E-state index is 12.6. The lowest BCUT2D eigenvalue weighted by Gasteiger charge is -2.11. The number of amides is 2. The van der Waals surface area contributed by atoms with Crippen molar-refractivity contribution in [2.75, 3.05) is 5.32 Å². The van der Waals surface area contributed by atoms with E-state index in [9.17, 15) is 9.59 Å². The predicted molar refractivity (Wildman–Crippen MR) is 107 cm³/mol. The van der Waals surface area contributed by atoms with E-state index in [1.165, 1.54) is 0 Å². The Bertz CT molecular complexity index is 1010. The van der Waals surface area contributed by atoms with Gasteiger partial charge in [-0.15, -0.1) is 0 Å². The number of imidazole rings is 1.